The number of nitrogens with zero attached hydrogens (tertiary/aromatic N) is 1. The van der Waals surface area contributed by atoms with Crippen LogP contribution in [0.25, 0.3) is 0 Å². The second-order valence-corrected chi connectivity index (χ2v) is 5.09. The number of aromatic amines is 1. The third kappa shape index (κ3) is 5.86. The number of halogens is 1. The Balaban J connectivity index is 0.00000242. The molecule has 2 aromatic heterocycles. The van der Waals surface area contributed by atoms with Crippen LogP contribution in [0.1, 0.15) is 11.3 Å². The zero-order valence-corrected chi connectivity index (χ0v) is 16.5. The average molecular weight is 395 g/mol. The minimum atomic E-state index is -1.37. The molecule has 112 valence electrons. The van der Waals surface area contributed by atoms with Gasteiger partial charge >= 0.3 is 57.4 Å². The summed E-state index contributed by atoms with van der Waals surface area (Å²) in [5.74, 6) is -1.37. The predicted octanol–water partition coefficient (Wildman–Crippen LogP) is -3.07. The van der Waals surface area contributed by atoms with E-state index in [1.807, 2.05) is 0 Å². The summed E-state index contributed by atoms with van der Waals surface area (Å²) in [4.78, 5) is 22.7. The van der Waals surface area contributed by atoms with E-state index in [9.17, 15) is 14.7 Å². The Bertz CT molecular complexity index is 616. The molecule has 2 rings (SSSR count). The normalized spacial score (nSPS) is 11.3. The predicted molar refractivity (Wildman–Crippen MR) is 72.9 cm³/mol. The molecule has 2 amide bonds. The maximum Gasteiger partial charge on any atom is 1.00 e. The molecule has 2 aromatic rings. The average Bonchev–Trinajstić information content (AvgIpc) is 3.07. The molecule has 0 aliphatic heterocycles. The molecule has 10 heteroatoms. The maximum absolute atomic E-state index is 11.7. The van der Waals surface area contributed by atoms with Crippen molar-refractivity contribution in [2.24, 2.45) is 0 Å². The van der Waals surface area contributed by atoms with Crippen LogP contribution in [0.4, 0.5) is 4.79 Å². The maximum atomic E-state index is 11.7. The first-order valence-electron chi connectivity index (χ1n) is 6.00. The topological polar surface area (TPSA) is 123 Å². The zero-order chi connectivity index (χ0) is 15.2. The summed E-state index contributed by atoms with van der Waals surface area (Å²) in [6.45, 7) is 0.178. The minimum absolute atomic E-state index is 0. The van der Waals surface area contributed by atoms with Crippen molar-refractivity contribution in [1.82, 2.24) is 20.8 Å². The Hall–Kier alpha value is -0.654. The number of amides is 2. The van der Waals surface area contributed by atoms with Gasteiger partial charge in [0.1, 0.15) is 0 Å². The monoisotopic (exact) mass is 394 g/mol. The van der Waals surface area contributed by atoms with Gasteiger partial charge in [-0.05, 0) is 27.6 Å². The van der Waals surface area contributed by atoms with Crippen molar-refractivity contribution < 1.29 is 70.5 Å². The van der Waals surface area contributed by atoms with Crippen molar-refractivity contribution in [2.75, 3.05) is 0 Å². The van der Waals surface area contributed by atoms with Crippen LogP contribution in [-0.4, -0.2) is 28.2 Å². The molecule has 0 spiro atoms. The molecule has 1 unspecified atom stereocenters. The van der Waals surface area contributed by atoms with Gasteiger partial charge in [0, 0.05) is 6.42 Å². The van der Waals surface area contributed by atoms with Gasteiger partial charge in [-0.15, -0.1) is 0 Å². The van der Waals surface area contributed by atoms with Crippen molar-refractivity contribution in [2.45, 2.75) is 19.0 Å². The first kappa shape index (κ1) is 19.4. The number of rotatable bonds is 6. The summed E-state index contributed by atoms with van der Waals surface area (Å²) in [6.07, 6.45) is 4.48. The van der Waals surface area contributed by atoms with Crippen molar-refractivity contribution >= 4 is 27.9 Å². The number of furan rings is 1. The van der Waals surface area contributed by atoms with E-state index in [4.69, 9.17) is 4.42 Å². The van der Waals surface area contributed by atoms with Crippen LogP contribution in [0, 0.1) is 0 Å². The molecule has 0 fully saturated rings. The molecular formula is C12H12BrKN4O4. The van der Waals surface area contributed by atoms with Crippen LogP contribution in [0.2, 0.25) is 0 Å². The van der Waals surface area contributed by atoms with Gasteiger partial charge in [0.15, 0.2) is 0 Å². The molecule has 0 aliphatic carbocycles. The second-order valence-electron chi connectivity index (χ2n) is 4.23. The number of carbonyl (C=O) groups is 2. The Kier molecular flexibility index (Phi) is 8.35. The molecule has 2 heterocycles. The van der Waals surface area contributed by atoms with E-state index in [1.54, 1.807) is 12.3 Å². The van der Waals surface area contributed by atoms with Gasteiger partial charge in [0.05, 0.1) is 47.4 Å². The summed E-state index contributed by atoms with van der Waals surface area (Å²) >= 11 is 3.25. The molecule has 22 heavy (non-hydrogen) atoms. The first-order valence-corrected chi connectivity index (χ1v) is 6.79. The molecule has 8 nitrogen and oxygen atoms in total. The standard InChI is InChI=1S/C12H13BrN4O4.K/c13-8-4-15-17-10(8)5-14-12(20)16-9(11(18)19)3-7-1-2-21-6-7;/h1-2,4,6,9H,3,5H2,(H,15,17)(H,18,19)(H2,14,16,20);/q;+1/p-1. The molecule has 0 saturated heterocycles. The van der Waals surface area contributed by atoms with E-state index < -0.39 is 18.0 Å². The van der Waals surface area contributed by atoms with Gasteiger partial charge in [0.2, 0.25) is 0 Å². The first-order chi connectivity index (χ1) is 10.1. The Morgan fingerprint density at radius 3 is 2.82 bits per heavy atom. The fourth-order valence-corrected chi connectivity index (χ4v) is 1.97. The SMILES string of the molecule is O=C(NCc1[nH]ncc1Br)NC(Cc1ccoc1)C(=O)[O-].[K+]. The van der Waals surface area contributed by atoms with Gasteiger partial charge < -0.3 is 25.0 Å². The molecule has 0 bridgehead atoms. The number of urea groups is 1. The van der Waals surface area contributed by atoms with Gasteiger partial charge in [-0.1, -0.05) is 0 Å². The van der Waals surface area contributed by atoms with Gasteiger partial charge in [-0.25, -0.2) is 4.79 Å². The van der Waals surface area contributed by atoms with Crippen LogP contribution in [0.15, 0.2) is 33.7 Å². The smallest absolute Gasteiger partial charge is 0.548 e. The van der Waals surface area contributed by atoms with Crippen LogP contribution in [-0.2, 0) is 17.8 Å². The number of hydrogen-bond donors (Lipinski definition) is 3. The number of aromatic nitrogens is 2. The van der Waals surface area contributed by atoms with Crippen molar-refractivity contribution in [3.63, 3.8) is 0 Å². The molecule has 0 aliphatic rings. The largest absolute Gasteiger partial charge is 1.00 e. The summed E-state index contributed by atoms with van der Waals surface area (Å²) in [5.41, 5.74) is 1.32. The summed E-state index contributed by atoms with van der Waals surface area (Å²) in [7, 11) is 0. The number of aliphatic carboxylic acids is 1. The quantitative estimate of drug-likeness (QED) is 0.448. The Morgan fingerprint density at radius 2 is 2.27 bits per heavy atom. The van der Waals surface area contributed by atoms with E-state index in [-0.39, 0.29) is 64.4 Å². The van der Waals surface area contributed by atoms with E-state index in [0.717, 1.165) is 4.47 Å². The molecule has 0 aromatic carbocycles. The molecular weight excluding hydrogens is 383 g/mol. The van der Waals surface area contributed by atoms with E-state index in [2.05, 4.69) is 36.8 Å². The number of carboxylic acids is 1. The van der Waals surface area contributed by atoms with Crippen molar-refractivity contribution in [3.8, 4) is 0 Å². The second kappa shape index (κ2) is 9.48. The van der Waals surface area contributed by atoms with E-state index >= 15 is 0 Å². The van der Waals surface area contributed by atoms with Crippen LogP contribution < -0.4 is 67.1 Å². The fourth-order valence-electron chi connectivity index (χ4n) is 1.64. The third-order valence-corrected chi connectivity index (χ3v) is 3.38. The van der Waals surface area contributed by atoms with Crippen LogP contribution in [0.5, 0.6) is 0 Å². The van der Waals surface area contributed by atoms with Gasteiger partial charge in [-0.3, -0.25) is 5.10 Å². The zero-order valence-electron chi connectivity index (χ0n) is 11.8. The van der Waals surface area contributed by atoms with E-state index in [0.29, 0.717) is 11.3 Å². The van der Waals surface area contributed by atoms with Gasteiger partial charge in [0.25, 0.3) is 0 Å². The minimum Gasteiger partial charge on any atom is -0.548 e. The molecule has 1 atom stereocenters. The van der Waals surface area contributed by atoms with Crippen molar-refractivity contribution in [3.05, 3.63) is 40.5 Å². The van der Waals surface area contributed by atoms with Gasteiger partial charge in [-0.2, -0.15) is 5.10 Å². The van der Waals surface area contributed by atoms with Crippen molar-refractivity contribution in [1.29, 1.82) is 0 Å². The Labute approximate surface area is 177 Å². The molecule has 0 radical (unpaired) electrons. The Morgan fingerprint density at radius 1 is 1.50 bits per heavy atom. The number of carboxylic acid groups (broad SMARTS) is 1. The number of H-pyrrole nitrogens is 1. The molecule has 3 N–H and O–H groups in total. The summed E-state index contributed by atoms with van der Waals surface area (Å²) < 4.78 is 5.57. The number of nitrogens with one attached hydrogen (secondary N) is 3. The summed E-state index contributed by atoms with van der Waals surface area (Å²) in [6, 6.07) is -0.140. The summed E-state index contributed by atoms with van der Waals surface area (Å²) in [5, 5.41) is 22.4. The number of hydrogen-bond acceptors (Lipinski definition) is 5. The number of carbonyl (C=O) groups excluding carboxylic acids is 2. The van der Waals surface area contributed by atoms with Crippen LogP contribution in [0.3, 0.4) is 0 Å². The van der Waals surface area contributed by atoms with Crippen LogP contribution >= 0.6 is 15.9 Å². The molecule has 0 saturated carbocycles. The fraction of sp³-hybridized carbons (Fsp3) is 0.250. The van der Waals surface area contributed by atoms with E-state index in [1.165, 1.54) is 12.5 Å². The third-order valence-electron chi connectivity index (χ3n) is 2.70.